The van der Waals surface area contributed by atoms with Crippen LogP contribution in [-0.2, 0) is 4.79 Å². The molecule has 0 aliphatic carbocycles. The summed E-state index contributed by atoms with van der Waals surface area (Å²) in [5.74, 6) is 1.75. The summed E-state index contributed by atoms with van der Waals surface area (Å²) in [5.41, 5.74) is 1.02. The predicted octanol–water partition coefficient (Wildman–Crippen LogP) is 3.20. The van der Waals surface area contributed by atoms with E-state index in [-0.39, 0.29) is 11.8 Å². The van der Waals surface area contributed by atoms with Gasteiger partial charge in [0.15, 0.2) is 11.5 Å². The zero-order valence-electron chi connectivity index (χ0n) is 18.8. The van der Waals surface area contributed by atoms with Gasteiger partial charge < -0.3 is 19.3 Å². The molecular weight excluding hydrogens is 426 g/mol. The van der Waals surface area contributed by atoms with E-state index in [1.807, 2.05) is 54.0 Å². The summed E-state index contributed by atoms with van der Waals surface area (Å²) in [5, 5.41) is 0. The van der Waals surface area contributed by atoms with Gasteiger partial charge in [0.2, 0.25) is 5.91 Å². The van der Waals surface area contributed by atoms with Crippen LogP contribution in [0.4, 0.5) is 0 Å². The first-order chi connectivity index (χ1) is 15.6. The molecule has 3 heterocycles. The lowest BCUT2D eigenvalue weighted by atomic mass is 10.1. The number of amides is 2. The summed E-state index contributed by atoms with van der Waals surface area (Å²) in [4.78, 5) is 33.3. The number of likely N-dealkylation sites (N-methyl/N-ethyl adjacent to an activating group) is 1. The largest absolute Gasteiger partial charge is 0.486 e. The highest BCUT2D eigenvalue weighted by molar-refractivity contribution is 7.17. The zero-order chi connectivity index (χ0) is 22.5. The minimum absolute atomic E-state index is 0.0655. The van der Waals surface area contributed by atoms with E-state index < -0.39 is 0 Å². The molecule has 0 bridgehead atoms. The second-order valence-corrected chi connectivity index (χ2v) is 9.09. The quantitative estimate of drug-likeness (QED) is 0.667. The second-order valence-electron chi connectivity index (χ2n) is 8.01. The fourth-order valence-corrected chi connectivity index (χ4v) is 5.13. The number of fused-ring (bicyclic) bond motifs is 1. The molecule has 0 unspecified atom stereocenters. The van der Waals surface area contributed by atoms with Crippen molar-refractivity contribution >= 4 is 23.2 Å². The average Bonchev–Trinajstić information content (AvgIpc) is 3.20. The molecule has 1 aromatic heterocycles. The van der Waals surface area contributed by atoms with Gasteiger partial charge in [0.05, 0.1) is 11.4 Å². The molecule has 0 spiro atoms. The lowest BCUT2D eigenvalue weighted by molar-refractivity contribution is -0.132. The standard InChI is InChI=1S/C24H31N3O4S/c1-3-26(4-2)23(28)17-25-10-5-11-27(13-12-25)24(29)22-9-8-21(32-22)18-6-7-19-20(16-18)31-15-14-30-19/h6-9,16H,3-5,10-15,17H2,1-2H3. The average molecular weight is 458 g/mol. The molecule has 0 saturated carbocycles. The number of rotatable bonds is 6. The maximum absolute atomic E-state index is 13.2. The van der Waals surface area contributed by atoms with E-state index in [1.165, 1.54) is 11.3 Å². The molecule has 4 rings (SSSR count). The van der Waals surface area contributed by atoms with Crippen LogP contribution >= 0.6 is 11.3 Å². The summed E-state index contributed by atoms with van der Waals surface area (Å²) in [6.45, 7) is 9.94. The topological polar surface area (TPSA) is 62.3 Å². The first-order valence-corrected chi connectivity index (χ1v) is 12.2. The Bertz CT molecular complexity index is 956. The van der Waals surface area contributed by atoms with Crippen LogP contribution in [0, 0.1) is 0 Å². The van der Waals surface area contributed by atoms with Gasteiger partial charge in [-0.05, 0) is 56.2 Å². The molecule has 2 aliphatic heterocycles. The normalized spacial score (nSPS) is 16.5. The van der Waals surface area contributed by atoms with Crippen LogP contribution in [0.2, 0.25) is 0 Å². The zero-order valence-corrected chi connectivity index (χ0v) is 19.7. The Kier molecular flexibility index (Phi) is 7.32. The SMILES string of the molecule is CCN(CC)C(=O)CN1CCCN(C(=O)c2ccc(-c3ccc4c(c3)OCCO4)s2)CC1. The Balaban J connectivity index is 1.38. The number of benzene rings is 1. The fourth-order valence-electron chi connectivity index (χ4n) is 4.16. The molecule has 32 heavy (non-hydrogen) atoms. The molecule has 1 fully saturated rings. The Hall–Kier alpha value is -2.58. The van der Waals surface area contributed by atoms with Gasteiger partial charge in [-0.3, -0.25) is 14.5 Å². The first-order valence-electron chi connectivity index (χ1n) is 11.4. The van der Waals surface area contributed by atoms with Gasteiger partial charge in [0, 0.05) is 44.1 Å². The van der Waals surface area contributed by atoms with Crippen molar-refractivity contribution in [1.82, 2.24) is 14.7 Å². The number of carbonyl (C=O) groups is 2. The summed E-state index contributed by atoms with van der Waals surface area (Å²) in [6.07, 6.45) is 0.873. The molecule has 0 radical (unpaired) electrons. The van der Waals surface area contributed by atoms with Crippen LogP contribution in [0.25, 0.3) is 10.4 Å². The molecule has 2 aromatic rings. The smallest absolute Gasteiger partial charge is 0.263 e. The van der Waals surface area contributed by atoms with Crippen molar-refractivity contribution in [3.63, 3.8) is 0 Å². The van der Waals surface area contributed by atoms with Crippen LogP contribution in [0.3, 0.4) is 0 Å². The van der Waals surface area contributed by atoms with E-state index in [2.05, 4.69) is 4.90 Å². The van der Waals surface area contributed by atoms with E-state index in [0.29, 0.717) is 32.8 Å². The molecule has 2 aliphatic rings. The van der Waals surface area contributed by atoms with Crippen LogP contribution in [-0.4, -0.2) is 85.5 Å². The number of ether oxygens (including phenoxy) is 2. The van der Waals surface area contributed by atoms with E-state index in [0.717, 1.165) is 59.4 Å². The lowest BCUT2D eigenvalue weighted by Crippen LogP contribution is -2.42. The number of hydrogen-bond donors (Lipinski definition) is 0. The molecule has 0 N–H and O–H groups in total. The van der Waals surface area contributed by atoms with Crippen LogP contribution < -0.4 is 9.47 Å². The number of thiophene rings is 1. The van der Waals surface area contributed by atoms with E-state index in [1.54, 1.807) is 0 Å². The predicted molar refractivity (Wildman–Crippen MR) is 126 cm³/mol. The highest BCUT2D eigenvalue weighted by Gasteiger charge is 2.24. The summed E-state index contributed by atoms with van der Waals surface area (Å²) >= 11 is 1.50. The Labute approximate surface area is 193 Å². The second kappa shape index (κ2) is 10.4. The van der Waals surface area contributed by atoms with Gasteiger partial charge in [-0.15, -0.1) is 11.3 Å². The van der Waals surface area contributed by atoms with Crippen molar-refractivity contribution in [2.24, 2.45) is 0 Å². The van der Waals surface area contributed by atoms with Crippen molar-refractivity contribution in [3.8, 4) is 21.9 Å². The van der Waals surface area contributed by atoms with E-state index >= 15 is 0 Å². The van der Waals surface area contributed by atoms with Gasteiger partial charge in [-0.25, -0.2) is 0 Å². The molecular formula is C24H31N3O4S. The minimum atomic E-state index is 0.0655. The highest BCUT2D eigenvalue weighted by Crippen LogP contribution is 2.37. The van der Waals surface area contributed by atoms with Gasteiger partial charge in [0.1, 0.15) is 13.2 Å². The maximum Gasteiger partial charge on any atom is 0.263 e. The Morgan fingerprint density at radius 3 is 2.53 bits per heavy atom. The third-order valence-electron chi connectivity index (χ3n) is 5.99. The minimum Gasteiger partial charge on any atom is -0.486 e. The van der Waals surface area contributed by atoms with Gasteiger partial charge in [0.25, 0.3) is 5.91 Å². The molecule has 1 aromatic carbocycles. The summed E-state index contributed by atoms with van der Waals surface area (Å²) in [7, 11) is 0. The highest BCUT2D eigenvalue weighted by atomic mass is 32.1. The van der Waals surface area contributed by atoms with Crippen molar-refractivity contribution in [2.75, 3.05) is 59.0 Å². The summed E-state index contributed by atoms with van der Waals surface area (Å²) < 4.78 is 11.3. The van der Waals surface area contributed by atoms with Crippen molar-refractivity contribution < 1.29 is 19.1 Å². The fraction of sp³-hybridized carbons (Fsp3) is 0.500. The molecule has 172 valence electrons. The van der Waals surface area contributed by atoms with E-state index in [9.17, 15) is 9.59 Å². The van der Waals surface area contributed by atoms with Crippen molar-refractivity contribution in [3.05, 3.63) is 35.2 Å². The molecule has 2 amide bonds. The first kappa shape index (κ1) is 22.6. The number of hydrogen-bond acceptors (Lipinski definition) is 6. The lowest BCUT2D eigenvalue weighted by Gasteiger charge is -2.25. The molecule has 8 heteroatoms. The number of nitrogens with zero attached hydrogens (tertiary/aromatic N) is 3. The van der Waals surface area contributed by atoms with Gasteiger partial charge in [-0.2, -0.15) is 0 Å². The third-order valence-corrected chi connectivity index (χ3v) is 7.12. The van der Waals surface area contributed by atoms with Crippen molar-refractivity contribution in [2.45, 2.75) is 20.3 Å². The number of carbonyl (C=O) groups excluding carboxylic acids is 2. The van der Waals surface area contributed by atoms with Crippen molar-refractivity contribution in [1.29, 1.82) is 0 Å². The molecule has 7 nitrogen and oxygen atoms in total. The van der Waals surface area contributed by atoms with E-state index in [4.69, 9.17) is 9.47 Å². The van der Waals surface area contributed by atoms with Gasteiger partial charge in [-0.1, -0.05) is 0 Å². The summed E-state index contributed by atoms with van der Waals surface area (Å²) in [6, 6.07) is 9.81. The van der Waals surface area contributed by atoms with Crippen LogP contribution in [0.5, 0.6) is 11.5 Å². The Morgan fingerprint density at radius 1 is 0.969 bits per heavy atom. The van der Waals surface area contributed by atoms with Gasteiger partial charge >= 0.3 is 0 Å². The Morgan fingerprint density at radius 2 is 1.75 bits per heavy atom. The molecule has 1 saturated heterocycles. The third kappa shape index (κ3) is 5.07. The van der Waals surface area contributed by atoms with Crippen LogP contribution in [0.1, 0.15) is 29.9 Å². The van der Waals surface area contributed by atoms with Crippen LogP contribution in [0.15, 0.2) is 30.3 Å². The monoisotopic (exact) mass is 457 g/mol. The maximum atomic E-state index is 13.2. The molecule has 0 atom stereocenters.